The first kappa shape index (κ1) is 16.3. The van der Waals surface area contributed by atoms with E-state index in [2.05, 4.69) is 35.3 Å². The lowest BCUT2D eigenvalue weighted by Gasteiger charge is -2.26. The molecule has 4 heteroatoms. The van der Waals surface area contributed by atoms with Gasteiger partial charge >= 0.3 is 0 Å². The van der Waals surface area contributed by atoms with Gasteiger partial charge in [0.05, 0.1) is 19.8 Å². The molecule has 2 rings (SSSR count). The molecule has 1 N–H and O–H groups in total. The molecular formula is C17H28N2O2. The number of benzene rings is 1. The smallest absolute Gasteiger partial charge is 0.119 e. The maximum atomic E-state index is 5.74. The van der Waals surface area contributed by atoms with Crippen molar-refractivity contribution in [2.45, 2.75) is 26.3 Å². The van der Waals surface area contributed by atoms with E-state index in [1.54, 1.807) is 0 Å². The molecule has 1 aromatic carbocycles. The van der Waals surface area contributed by atoms with E-state index in [4.69, 9.17) is 9.47 Å². The van der Waals surface area contributed by atoms with Crippen molar-refractivity contribution in [3.05, 3.63) is 29.8 Å². The van der Waals surface area contributed by atoms with Gasteiger partial charge in [0.1, 0.15) is 5.75 Å². The van der Waals surface area contributed by atoms with Gasteiger partial charge < -0.3 is 14.8 Å². The van der Waals surface area contributed by atoms with Crippen LogP contribution < -0.4 is 10.1 Å². The van der Waals surface area contributed by atoms with Crippen molar-refractivity contribution >= 4 is 0 Å². The molecule has 0 amide bonds. The van der Waals surface area contributed by atoms with Crippen molar-refractivity contribution in [2.75, 3.05) is 46.0 Å². The minimum atomic E-state index is 0.810. The third kappa shape index (κ3) is 6.46. The predicted octanol–water partition coefficient (Wildman–Crippen LogP) is 2.29. The molecule has 0 unspecified atom stereocenters. The number of nitrogens with zero attached hydrogens (tertiary/aromatic N) is 1. The Bertz CT molecular complexity index is 392. The Morgan fingerprint density at radius 3 is 2.95 bits per heavy atom. The topological polar surface area (TPSA) is 33.7 Å². The molecule has 0 aromatic heterocycles. The molecule has 1 aliphatic rings. The summed E-state index contributed by atoms with van der Waals surface area (Å²) < 4.78 is 11.1. The lowest BCUT2D eigenvalue weighted by Crippen LogP contribution is -2.40. The van der Waals surface area contributed by atoms with Gasteiger partial charge in [0, 0.05) is 32.7 Å². The van der Waals surface area contributed by atoms with Crippen LogP contribution in [0, 0.1) is 0 Å². The molecule has 1 heterocycles. The van der Waals surface area contributed by atoms with E-state index in [1.165, 1.54) is 12.0 Å². The standard InChI is InChI=1S/C17H28N2O2/c1-2-3-11-21-17-6-4-5-16(14-17)15-18-7-8-19-9-12-20-13-10-19/h4-6,14,18H,2-3,7-13,15H2,1H3. The SMILES string of the molecule is CCCCOc1cccc(CNCCN2CCOCC2)c1. The van der Waals surface area contributed by atoms with Gasteiger partial charge in [0.2, 0.25) is 0 Å². The Morgan fingerprint density at radius 2 is 2.14 bits per heavy atom. The summed E-state index contributed by atoms with van der Waals surface area (Å²) in [6.07, 6.45) is 2.28. The first-order valence-corrected chi connectivity index (χ1v) is 8.11. The summed E-state index contributed by atoms with van der Waals surface area (Å²) >= 11 is 0. The van der Waals surface area contributed by atoms with E-state index >= 15 is 0 Å². The average Bonchev–Trinajstić information content (AvgIpc) is 2.53. The molecule has 118 valence electrons. The van der Waals surface area contributed by atoms with Crippen molar-refractivity contribution in [3.63, 3.8) is 0 Å². The van der Waals surface area contributed by atoms with Crippen LogP contribution >= 0.6 is 0 Å². The zero-order chi connectivity index (χ0) is 14.8. The lowest BCUT2D eigenvalue weighted by atomic mass is 10.2. The highest BCUT2D eigenvalue weighted by Gasteiger charge is 2.08. The second-order valence-corrected chi connectivity index (χ2v) is 5.48. The number of hydrogen-bond acceptors (Lipinski definition) is 4. The number of unbranched alkanes of at least 4 members (excludes halogenated alkanes) is 1. The van der Waals surface area contributed by atoms with Crippen molar-refractivity contribution in [2.24, 2.45) is 0 Å². The van der Waals surface area contributed by atoms with E-state index in [9.17, 15) is 0 Å². The number of ether oxygens (including phenoxy) is 2. The molecule has 0 bridgehead atoms. The van der Waals surface area contributed by atoms with Gasteiger partial charge in [-0.25, -0.2) is 0 Å². The first-order valence-electron chi connectivity index (χ1n) is 8.11. The Kier molecular flexibility index (Phi) is 7.57. The van der Waals surface area contributed by atoms with Crippen LogP contribution in [0.5, 0.6) is 5.75 Å². The molecule has 1 fully saturated rings. The van der Waals surface area contributed by atoms with E-state index < -0.39 is 0 Å². The number of rotatable bonds is 9. The quantitative estimate of drug-likeness (QED) is 0.708. The predicted molar refractivity (Wildman–Crippen MR) is 85.8 cm³/mol. The van der Waals surface area contributed by atoms with Crippen molar-refractivity contribution in [1.29, 1.82) is 0 Å². The fourth-order valence-electron chi connectivity index (χ4n) is 2.37. The van der Waals surface area contributed by atoms with E-state index in [1.807, 2.05) is 6.07 Å². The van der Waals surface area contributed by atoms with Gasteiger partial charge in [-0.15, -0.1) is 0 Å². The van der Waals surface area contributed by atoms with Crippen LogP contribution in [0.4, 0.5) is 0 Å². The Balaban J connectivity index is 1.64. The van der Waals surface area contributed by atoms with Crippen molar-refractivity contribution in [3.8, 4) is 5.75 Å². The van der Waals surface area contributed by atoms with Gasteiger partial charge in [-0.2, -0.15) is 0 Å². The van der Waals surface area contributed by atoms with Crippen LogP contribution in [-0.4, -0.2) is 50.9 Å². The minimum absolute atomic E-state index is 0.810. The largest absolute Gasteiger partial charge is 0.494 e. The van der Waals surface area contributed by atoms with Crippen molar-refractivity contribution < 1.29 is 9.47 Å². The van der Waals surface area contributed by atoms with Crippen LogP contribution in [0.1, 0.15) is 25.3 Å². The minimum Gasteiger partial charge on any atom is -0.494 e. The summed E-state index contributed by atoms with van der Waals surface area (Å²) in [5, 5.41) is 3.51. The van der Waals surface area contributed by atoms with Gasteiger partial charge in [0.25, 0.3) is 0 Å². The molecule has 1 aliphatic heterocycles. The maximum absolute atomic E-state index is 5.74. The maximum Gasteiger partial charge on any atom is 0.119 e. The third-order valence-electron chi connectivity index (χ3n) is 3.70. The molecule has 4 nitrogen and oxygen atoms in total. The Hall–Kier alpha value is -1.10. The molecule has 1 aromatic rings. The zero-order valence-electron chi connectivity index (χ0n) is 13.1. The first-order chi connectivity index (χ1) is 10.4. The molecule has 0 spiro atoms. The lowest BCUT2D eigenvalue weighted by molar-refractivity contribution is 0.0384. The fraction of sp³-hybridized carbons (Fsp3) is 0.647. The molecule has 1 saturated heterocycles. The van der Waals surface area contributed by atoms with Crippen LogP contribution in [0.15, 0.2) is 24.3 Å². The van der Waals surface area contributed by atoms with Crippen LogP contribution in [-0.2, 0) is 11.3 Å². The molecule has 0 saturated carbocycles. The molecular weight excluding hydrogens is 264 g/mol. The summed E-state index contributed by atoms with van der Waals surface area (Å²) in [5.74, 6) is 0.982. The Morgan fingerprint density at radius 1 is 1.29 bits per heavy atom. The van der Waals surface area contributed by atoms with Gasteiger partial charge in [-0.3, -0.25) is 4.90 Å². The molecule has 21 heavy (non-hydrogen) atoms. The summed E-state index contributed by atoms with van der Waals surface area (Å²) in [6.45, 7) is 9.86. The normalized spacial score (nSPS) is 16.0. The van der Waals surface area contributed by atoms with Crippen LogP contribution in [0.2, 0.25) is 0 Å². The summed E-state index contributed by atoms with van der Waals surface area (Å²) in [6, 6.07) is 8.39. The highest BCUT2D eigenvalue weighted by Crippen LogP contribution is 2.13. The second kappa shape index (κ2) is 9.77. The summed E-state index contributed by atoms with van der Waals surface area (Å²) in [5.41, 5.74) is 1.28. The average molecular weight is 292 g/mol. The monoisotopic (exact) mass is 292 g/mol. The molecule has 0 atom stereocenters. The van der Waals surface area contributed by atoms with E-state index in [0.29, 0.717) is 0 Å². The van der Waals surface area contributed by atoms with Gasteiger partial charge in [-0.05, 0) is 24.1 Å². The van der Waals surface area contributed by atoms with E-state index in [-0.39, 0.29) is 0 Å². The number of nitrogens with one attached hydrogen (secondary N) is 1. The molecule has 0 aliphatic carbocycles. The molecule has 0 radical (unpaired) electrons. The highest BCUT2D eigenvalue weighted by atomic mass is 16.5. The second-order valence-electron chi connectivity index (χ2n) is 5.48. The highest BCUT2D eigenvalue weighted by molar-refractivity contribution is 5.28. The number of hydrogen-bond donors (Lipinski definition) is 1. The van der Waals surface area contributed by atoms with Crippen LogP contribution in [0.25, 0.3) is 0 Å². The number of morpholine rings is 1. The van der Waals surface area contributed by atoms with Gasteiger partial charge in [-0.1, -0.05) is 25.5 Å². The van der Waals surface area contributed by atoms with Crippen molar-refractivity contribution in [1.82, 2.24) is 10.2 Å². The Labute approximate surface area is 128 Å². The third-order valence-corrected chi connectivity index (χ3v) is 3.70. The van der Waals surface area contributed by atoms with Gasteiger partial charge in [0.15, 0.2) is 0 Å². The fourth-order valence-corrected chi connectivity index (χ4v) is 2.37. The summed E-state index contributed by atoms with van der Waals surface area (Å²) in [4.78, 5) is 2.45. The summed E-state index contributed by atoms with van der Waals surface area (Å²) in [7, 11) is 0. The van der Waals surface area contributed by atoms with E-state index in [0.717, 1.165) is 64.7 Å². The van der Waals surface area contributed by atoms with Crippen LogP contribution in [0.3, 0.4) is 0 Å². The zero-order valence-corrected chi connectivity index (χ0v) is 13.1.